The highest BCUT2D eigenvalue weighted by Crippen LogP contribution is 2.34. The number of anilines is 1. The van der Waals surface area contributed by atoms with Gasteiger partial charge in [0.05, 0.1) is 27.2 Å². The van der Waals surface area contributed by atoms with Crippen LogP contribution in [0.15, 0.2) is 69.0 Å². The van der Waals surface area contributed by atoms with Crippen molar-refractivity contribution in [1.82, 2.24) is 9.66 Å². The minimum atomic E-state index is -0.513. The van der Waals surface area contributed by atoms with Crippen LogP contribution in [0.5, 0.6) is 5.75 Å². The molecule has 1 aromatic heterocycles. The first-order valence-corrected chi connectivity index (χ1v) is 13.1. The number of nitrogens with one attached hydrogen (secondary N) is 1. The molecule has 3 aromatic carbocycles. The summed E-state index contributed by atoms with van der Waals surface area (Å²) >= 11 is 16.1. The second-order valence-electron chi connectivity index (χ2n) is 8.46. The molecule has 0 saturated heterocycles. The smallest absolute Gasteiger partial charge is 0.282 e. The van der Waals surface area contributed by atoms with Gasteiger partial charge in [-0.25, -0.2) is 9.37 Å². The van der Waals surface area contributed by atoms with Gasteiger partial charge in [-0.15, -0.1) is 0 Å². The third-order valence-electron chi connectivity index (χ3n) is 5.69. The molecule has 0 aliphatic carbocycles. The number of amides is 1. The van der Waals surface area contributed by atoms with Crippen LogP contribution in [0.1, 0.15) is 37.6 Å². The van der Waals surface area contributed by atoms with E-state index in [2.05, 4.69) is 31.3 Å². The molecule has 0 aliphatic rings. The van der Waals surface area contributed by atoms with Gasteiger partial charge in [0.25, 0.3) is 11.5 Å². The topological polar surface area (TPSA) is 85.6 Å². The monoisotopic (exact) mass is 618 g/mol. The van der Waals surface area contributed by atoms with Gasteiger partial charge >= 0.3 is 0 Å². The van der Waals surface area contributed by atoms with E-state index in [1.807, 2.05) is 19.9 Å². The van der Waals surface area contributed by atoms with E-state index in [0.717, 1.165) is 10.9 Å². The summed E-state index contributed by atoms with van der Waals surface area (Å²) in [4.78, 5) is 30.2. The molecular formula is C27H22BrCl2FN4O3. The fourth-order valence-corrected chi connectivity index (χ4v) is 4.57. The highest BCUT2D eigenvalue weighted by atomic mass is 79.9. The van der Waals surface area contributed by atoms with Crippen LogP contribution >= 0.6 is 39.1 Å². The first-order valence-electron chi connectivity index (χ1n) is 11.6. The van der Waals surface area contributed by atoms with Crippen LogP contribution in [-0.2, 0) is 4.79 Å². The molecule has 0 saturated carbocycles. The van der Waals surface area contributed by atoms with Gasteiger partial charge in [-0.05, 0) is 60.5 Å². The lowest BCUT2D eigenvalue weighted by Gasteiger charge is -2.14. The summed E-state index contributed by atoms with van der Waals surface area (Å²) in [6.07, 6.45) is 2.22. The number of halogens is 4. The molecule has 1 heterocycles. The van der Waals surface area contributed by atoms with E-state index < -0.39 is 18.3 Å². The molecule has 1 N–H and O–H groups in total. The standard InChI is InChI=1S/C27H22BrCl2FN4O3/c1-3-15(2)26-34-23-8-7-17(28)11-20(23)27(37)35(26)32-13-16-9-21(29)25(22(30)10-16)38-14-24(36)33-19-6-4-5-18(31)12-19/h4-13,15H,3,14H2,1-2H3,(H,33,36)/t15-/m0/s1. The Morgan fingerprint density at radius 2 is 1.95 bits per heavy atom. The normalized spacial score (nSPS) is 12.2. The molecule has 0 bridgehead atoms. The molecule has 7 nitrogen and oxygen atoms in total. The Morgan fingerprint density at radius 3 is 2.63 bits per heavy atom. The quantitative estimate of drug-likeness (QED) is 0.215. The van der Waals surface area contributed by atoms with E-state index in [4.69, 9.17) is 27.9 Å². The largest absolute Gasteiger partial charge is 0.481 e. The molecule has 4 rings (SSSR count). The minimum absolute atomic E-state index is 0.0191. The Labute approximate surface area is 236 Å². The van der Waals surface area contributed by atoms with Gasteiger partial charge in [0.15, 0.2) is 12.4 Å². The van der Waals surface area contributed by atoms with Gasteiger partial charge < -0.3 is 10.1 Å². The molecule has 0 unspecified atom stereocenters. The van der Waals surface area contributed by atoms with E-state index in [0.29, 0.717) is 28.0 Å². The van der Waals surface area contributed by atoms with Crippen molar-refractivity contribution in [3.8, 4) is 5.75 Å². The zero-order valence-corrected chi connectivity index (χ0v) is 23.4. The number of rotatable bonds is 8. The Morgan fingerprint density at radius 1 is 1.21 bits per heavy atom. The Balaban J connectivity index is 1.57. The van der Waals surface area contributed by atoms with Crippen molar-refractivity contribution < 1.29 is 13.9 Å². The van der Waals surface area contributed by atoms with Crippen LogP contribution in [0.3, 0.4) is 0 Å². The third kappa shape index (κ3) is 6.40. The van der Waals surface area contributed by atoms with Crippen molar-refractivity contribution in [3.63, 3.8) is 0 Å². The zero-order valence-electron chi connectivity index (χ0n) is 20.3. The van der Waals surface area contributed by atoms with Gasteiger partial charge in [0.2, 0.25) is 0 Å². The van der Waals surface area contributed by atoms with Gasteiger partial charge in [-0.3, -0.25) is 9.59 Å². The summed E-state index contributed by atoms with van der Waals surface area (Å²) in [5, 5.41) is 7.67. The fraction of sp³-hybridized carbons (Fsp3) is 0.185. The van der Waals surface area contributed by atoms with E-state index in [1.54, 1.807) is 30.3 Å². The number of nitrogens with zero attached hydrogens (tertiary/aromatic N) is 3. The summed E-state index contributed by atoms with van der Waals surface area (Å²) in [5.74, 6) is -0.368. The van der Waals surface area contributed by atoms with Crippen molar-refractivity contribution >= 4 is 67.8 Å². The summed E-state index contributed by atoms with van der Waals surface area (Å²) in [6, 6.07) is 13.9. The summed E-state index contributed by atoms with van der Waals surface area (Å²) < 4.78 is 20.9. The molecule has 0 spiro atoms. The molecular weight excluding hydrogens is 598 g/mol. The highest BCUT2D eigenvalue weighted by Gasteiger charge is 2.16. The number of aromatic nitrogens is 2. The second-order valence-corrected chi connectivity index (χ2v) is 10.2. The van der Waals surface area contributed by atoms with Crippen molar-refractivity contribution in [2.75, 3.05) is 11.9 Å². The first-order chi connectivity index (χ1) is 18.2. The van der Waals surface area contributed by atoms with Crippen LogP contribution in [0, 0.1) is 5.82 Å². The molecule has 1 atom stereocenters. The maximum absolute atomic E-state index is 13.3. The number of hydrogen-bond acceptors (Lipinski definition) is 5. The Bertz CT molecular complexity index is 1590. The number of carbonyl (C=O) groups is 1. The van der Waals surface area contributed by atoms with Crippen LogP contribution in [0.4, 0.5) is 10.1 Å². The van der Waals surface area contributed by atoms with Crippen LogP contribution in [0.2, 0.25) is 10.0 Å². The fourth-order valence-electron chi connectivity index (χ4n) is 3.60. The van der Waals surface area contributed by atoms with Crippen LogP contribution < -0.4 is 15.6 Å². The first kappa shape index (κ1) is 27.8. The SMILES string of the molecule is CC[C@H](C)c1nc2ccc(Br)cc2c(=O)n1N=Cc1cc(Cl)c(OCC(=O)Nc2cccc(F)c2)c(Cl)c1. The molecule has 38 heavy (non-hydrogen) atoms. The lowest BCUT2D eigenvalue weighted by Crippen LogP contribution is -2.23. The lowest BCUT2D eigenvalue weighted by atomic mass is 10.1. The molecule has 1 amide bonds. The molecule has 0 aliphatic heterocycles. The van der Waals surface area contributed by atoms with Crippen LogP contribution in [-0.4, -0.2) is 28.4 Å². The van der Waals surface area contributed by atoms with E-state index in [9.17, 15) is 14.0 Å². The summed E-state index contributed by atoms with van der Waals surface area (Å²) in [5.41, 5.74) is 1.09. The molecule has 0 fully saturated rings. The van der Waals surface area contributed by atoms with Gasteiger partial charge in [0, 0.05) is 16.1 Å². The van der Waals surface area contributed by atoms with Crippen molar-refractivity contribution in [2.45, 2.75) is 26.2 Å². The lowest BCUT2D eigenvalue weighted by molar-refractivity contribution is -0.118. The van der Waals surface area contributed by atoms with Crippen LogP contribution in [0.25, 0.3) is 10.9 Å². The summed E-state index contributed by atoms with van der Waals surface area (Å²) in [6.45, 7) is 3.59. The summed E-state index contributed by atoms with van der Waals surface area (Å²) in [7, 11) is 0. The number of hydrogen-bond donors (Lipinski definition) is 1. The Kier molecular flexibility index (Phi) is 8.81. The maximum Gasteiger partial charge on any atom is 0.282 e. The number of benzene rings is 3. The number of fused-ring (bicyclic) bond motifs is 1. The van der Waals surface area contributed by atoms with Crippen molar-refractivity contribution in [2.24, 2.45) is 5.10 Å². The minimum Gasteiger partial charge on any atom is -0.481 e. The maximum atomic E-state index is 13.3. The predicted octanol–water partition coefficient (Wildman–Crippen LogP) is 7.02. The zero-order chi connectivity index (χ0) is 27.4. The van der Waals surface area contributed by atoms with Crippen molar-refractivity contribution in [3.05, 3.63) is 96.7 Å². The number of ether oxygens (including phenoxy) is 1. The molecule has 0 radical (unpaired) electrons. The van der Waals surface area contributed by atoms with Gasteiger partial charge in [-0.1, -0.05) is 59.0 Å². The second kappa shape index (κ2) is 12.1. The molecule has 196 valence electrons. The van der Waals surface area contributed by atoms with E-state index in [-0.39, 0.29) is 27.3 Å². The van der Waals surface area contributed by atoms with Gasteiger partial charge in [0.1, 0.15) is 11.6 Å². The average molecular weight is 620 g/mol. The van der Waals surface area contributed by atoms with E-state index in [1.165, 1.54) is 29.1 Å². The Hall–Kier alpha value is -3.27. The molecule has 11 heteroatoms. The van der Waals surface area contributed by atoms with Crippen molar-refractivity contribution in [1.29, 1.82) is 0 Å². The van der Waals surface area contributed by atoms with E-state index >= 15 is 0 Å². The average Bonchev–Trinajstić information content (AvgIpc) is 2.87. The predicted molar refractivity (Wildman–Crippen MR) is 152 cm³/mol. The van der Waals surface area contributed by atoms with Gasteiger partial charge in [-0.2, -0.15) is 9.78 Å². The number of carbonyl (C=O) groups excluding carboxylic acids is 1. The third-order valence-corrected chi connectivity index (χ3v) is 6.74. The highest BCUT2D eigenvalue weighted by molar-refractivity contribution is 9.10. The molecule has 4 aromatic rings.